The third-order valence-corrected chi connectivity index (χ3v) is 4.04. The predicted octanol–water partition coefficient (Wildman–Crippen LogP) is 3.04. The smallest absolute Gasteiger partial charge is 0.252 e. The van der Waals surface area contributed by atoms with Gasteiger partial charge in [-0.2, -0.15) is 0 Å². The van der Waals surface area contributed by atoms with Crippen LogP contribution in [0.25, 0.3) is 10.9 Å². The van der Waals surface area contributed by atoms with Crippen LogP contribution in [0, 0.1) is 12.8 Å². The van der Waals surface area contributed by atoms with Crippen LogP contribution in [0.4, 0.5) is 0 Å². The third kappa shape index (κ3) is 3.85. The fourth-order valence-corrected chi connectivity index (χ4v) is 2.70. The van der Waals surface area contributed by atoms with Gasteiger partial charge in [0, 0.05) is 30.2 Å². The van der Waals surface area contributed by atoms with Crippen molar-refractivity contribution in [3.8, 4) is 0 Å². The molecule has 0 radical (unpaired) electrons. The monoisotopic (exact) mass is 347 g/mol. The average molecular weight is 348 g/mol. The van der Waals surface area contributed by atoms with Crippen LogP contribution in [0.1, 0.15) is 29.9 Å². The Morgan fingerprint density at radius 2 is 1.88 bits per heavy atom. The molecule has 1 atom stereocenters. The van der Waals surface area contributed by atoms with Crippen molar-refractivity contribution in [1.82, 2.24) is 15.2 Å². The third-order valence-electron chi connectivity index (χ3n) is 3.80. The van der Waals surface area contributed by atoms with Crippen molar-refractivity contribution in [2.75, 3.05) is 14.1 Å². The number of halogens is 1. The summed E-state index contributed by atoms with van der Waals surface area (Å²) in [5.41, 5.74) is 1.87. The van der Waals surface area contributed by atoms with Gasteiger partial charge in [-0.15, -0.1) is 0 Å². The molecule has 2 rings (SSSR count). The van der Waals surface area contributed by atoms with Crippen LogP contribution < -0.4 is 5.32 Å². The highest BCUT2D eigenvalue weighted by Crippen LogP contribution is 2.22. The van der Waals surface area contributed by atoms with E-state index in [2.05, 4.69) is 10.3 Å². The molecule has 1 aromatic carbocycles. The molecular formula is C18H22ClN3O2. The van der Waals surface area contributed by atoms with E-state index in [4.69, 9.17) is 11.6 Å². The minimum Gasteiger partial charge on any atom is -0.347 e. The maximum Gasteiger partial charge on any atom is 0.252 e. The van der Waals surface area contributed by atoms with Gasteiger partial charge in [0.1, 0.15) is 6.04 Å². The number of rotatable bonds is 4. The highest BCUT2D eigenvalue weighted by Gasteiger charge is 2.26. The summed E-state index contributed by atoms with van der Waals surface area (Å²) in [6.07, 6.45) is 0. The molecule has 2 amide bonds. The molecule has 2 aromatic rings. The van der Waals surface area contributed by atoms with Gasteiger partial charge in [0.2, 0.25) is 5.91 Å². The molecule has 0 aliphatic heterocycles. The number of hydrogen-bond donors (Lipinski definition) is 1. The number of fused-ring (bicyclic) bond motifs is 1. The Hall–Kier alpha value is -2.14. The Labute approximate surface area is 147 Å². The number of carbonyl (C=O) groups is 2. The molecule has 5 nitrogen and oxygen atoms in total. The van der Waals surface area contributed by atoms with E-state index in [0.29, 0.717) is 21.5 Å². The first kappa shape index (κ1) is 18.2. The maximum atomic E-state index is 12.8. The predicted molar refractivity (Wildman–Crippen MR) is 96.3 cm³/mol. The van der Waals surface area contributed by atoms with Crippen LogP contribution in [0.2, 0.25) is 5.02 Å². The van der Waals surface area contributed by atoms with Crippen molar-refractivity contribution in [2.24, 2.45) is 5.92 Å². The fraction of sp³-hybridized carbons (Fsp3) is 0.389. The second-order valence-corrected chi connectivity index (χ2v) is 6.84. The summed E-state index contributed by atoms with van der Waals surface area (Å²) in [5.74, 6) is -0.439. The molecule has 0 bridgehead atoms. The van der Waals surface area contributed by atoms with Crippen LogP contribution in [0.15, 0.2) is 24.3 Å². The molecule has 0 aliphatic carbocycles. The highest BCUT2D eigenvalue weighted by molar-refractivity contribution is 6.31. The molecule has 128 valence electrons. The standard InChI is InChI=1S/C18H22ClN3O2/c1-10(2)16(18(24)22(4)5)21-17(23)14-8-11(3)20-15-9-12(19)6-7-13(14)15/h6-10,16H,1-5H3,(H,21,23)/t16-/m1/s1. The van der Waals surface area contributed by atoms with Gasteiger partial charge in [-0.25, -0.2) is 0 Å². The Kier molecular flexibility index (Phi) is 5.44. The van der Waals surface area contributed by atoms with Gasteiger partial charge >= 0.3 is 0 Å². The van der Waals surface area contributed by atoms with Gasteiger partial charge in [0.05, 0.1) is 11.1 Å². The van der Waals surface area contributed by atoms with Crippen molar-refractivity contribution in [3.63, 3.8) is 0 Å². The van der Waals surface area contributed by atoms with Crippen molar-refractivity contribution in [2.45, 2.75) is 26.8 Å². The summed E-state index contributed by atoms with van der Waals surface area (Å²) in [5, 5.41) is 4.13. The van der Waals surface area contributed by atoms with E-state index < -0.39 is 6.04 Å². The van der Waals surface area contributed by atoms with E-state index >= 15 is 0 Å². The molecule has 0 unspecified atom stereocenters. The van der Waals surface area contributed by atoms with E-state index in [1.54, 1.807) is 38.4 Å². The summed E-state index contributed by atoms with van der Waals surface area (Å²) in [7, 11) is 3.36. The van der Waals surface area contributed by atoms with Gasteiger partial charge in [0.25, 0.3) is 5.91 Å². The summed E-state index contributed by atoms with van der Waals surface area (Å²) in [6.45, 7) is 5.63. The highest BCUT2D eigenvalue weighted by atomic mass is 35.5. The quantitative estimate of drug-likeness (QED) is 0.924. The first-order valence-corrected chi connectivity index (χ1v) is 8.17. The Morgan fingerprint density at radius 3 is 2.46 bits per heavy atom. The van der Waals surface area contributed by atoms with Crippen molar-refractivity contribution in [1.29, 1.82) is 0 Å². The van der Waals surface area contributed by atoms with Crippen LogP contribution in [0.3, 0.4) is 0 Å². The van der Waals surface area contributed by atoms with E-state index in [1.165, 1.54) is 4.90 Å². The summed E-state index contributed by atoms with van der Waals surface area (Å²) < 4.78 is 0. The van der Waals surface area contributed by atoms with Crippen molar-refractivity contribution in [3.05, 3.63) is 40.5 Å². The zero-order valence-corrected chi connectivity index (χ0v) is 15.3. The van der Waals surface area contributed by atoms with Gasteiger partial charge < -0.3 is 10.2 Å². The number of carbonyl (C=O) groups excluding carboxylic acids is 2. The molecule has 1 N–H and O–H groups in total. The first-order valence-electron chi connectivity index (χ1n) is 7.79. The number of nitrogens with zero attached hydrogens (tertiary/aromatic N) is 2. The Balaban J connectivity index is 2.42. The lowest BCUT2D eigenvalue weighted by Gasteiger charge is -2.25. The Morgan fingerprint density at radius 1 is 1.21 bits per heavy atom. The molecule has 0 aliphatic rings. The zero-order valence-electron chi connectivity index (χ0n) is 14.6. The lowest BCUT2D eigenvalue weighted by atomic mass is 10.0. The number of aromatic nitrogens is 1. The normalized spacial score (nSPS) is 12.3. The first-order chi connectivity index (χ1) is 11.2. The van der Waals surface area contributed by atoms with Gasteiger partial charge in [-0.05, 0) is 31.0 Å². The SMILES string of the molecule is Cc1cc(C(=O)N[C@@H](C(=O)N(C)C)C(C)C)c2ccc(Cl)cc2n1. The molecule has 24 heavy (non-hydrogen) atoms. The number of amides is 2. The molecule has 1 aromatic heterocycles. The second-order valence-electron chi connectivity index (χ2n) is 6.40. The molecule has 1 heterocycles. The molecule has 0 saturated heterocycles. The molecule has 0 fully saturated rings. The molecule has 0 saturated carbocycles. The topological polar surface area (TPSA) is 62.3 Å². The van der Waals surface area contributed by atoms with E-state index in [0.717, 1.165) is 5.69 Å². The molecule has 6 heteroatoms. The zero-order chi connectivity index (χ0) is 18.0. The van der Waals surface area contributed by atoms with Crippen molar-refractivity contribution < 1.29 is 9.59 Å². The molecular weight excluding hydrogens is 326 g/mol. The minimum atomic E-state index is -0.580. The van der Waals surface area contributed by atoms with Gasteiger partial charge in [-0.3, -0.25) is 14.6 Å². The second kappa shape index (κ2) is 7.18. The summed E-state index contributed by atoms with van der Waals surface area (Å²) in [4.78, 5) is 31.0. The van der Waals surface area contributed by atoms with E-state index in [-0.39, 0.29) is 17.7 Å². The number of pyridine rings is 1. The number of likely N-dealkylation sites (N-methyl/N-ethyl adjacent to an activating group) is 1. The Bertz CT molecular complexity index is 782. The van der Waals surface area contributed by atoms with Crippen molar-refractivity contribution >= 4 is 34.3 Å². The lowest BCUT2D eigenvalue weighted by molar-refractivity contribution is -0.131. The largest absolute Gasteiger partial charge is 0.347 e. The van der Waals surface area contributed by atoms with E-state index in [9.17, 15) is 9.59 Å². The average Bonchev–Trinajstić information content (AvgIpc) is 2.49. The minimum absolute atomic E-state index is 0.0208. The molecule has 0 spiro atoms. The summed E-state index contributed by atoms with van der Waals surface area (Å²) in [6, 6.07) is 6.37. The van der Waals surface area contributed by atoms with Crippen LogP contribution in [-0.2, 0) is 4.79 Å². The number of nitrogens with one attached hydrogen (secondary N) is 1. The number of aryl methyl sites for hydroxylation is 1. The van der Waals surface area contributed by atoms with Crippen LogP contribution in [-0.4, -0.2) is 41.8 Å². The number of benzene rings is 1. The van der Waals surface area contributed by atoms with Gasteiger partial charge in [0.15, 0.2) is 0 Å². The fourth-order valence-electron chi connectivity index (χ4n) is 2.53. The lowest BCUT2D eigenvalue weighted by Crippen LogP contribution is -2.49. The number of hydrogen-bond acceptors (Lipinski definition) is 3. The van der Waals surface area contributed by atoms with Gasteiger partial charge in [-0.1, -0.05) is 31.5 Å². The summed E-state index contributed by atoms with van der Waals surface area (Å²) >= 11 is 6.01. The van der Waals surface area contributed by atoms with Crippen LogP contribution in [0.5, 0.6) is 0 Å². The van der Waals surface area contributed by atoms with Crippen LogP contribution >= 0.6 is 11.6 Å². The maximum absolute atomic E-state index is 12.8. The van der Waals surface area contributed by atoms with E-state index in [1.807, 2.05) is 20.8 Å².